The largest absolute Gasteiger partial charge is 0.504 e. The second kappa shape index (κ2) is 8.30. The average molecular weight is 471 g/mol. The summed E-state index contributed by atoms with van der Waals surface area (Å²) in [5.74, 6) is -0.238. The van der Waals surface area contributed by atoms with E-state index in [1.807, 2.05) is 41.5 Å². The summed E-state index contributed by atoms with van der Waals surface area (Å²) in [5, 5.41) is 22.7. The average Bonchev–Trinajstić information content (AvgIpc) is 2.66. The summed E-state index contributed by atoms with van der Waals surface area (Å²) in [5.41, 5.74) is 0.973. The van der Waals surface area contributed by atoms with E-state index in [4.69, 9.17) is 16.0 Å². The molecule has 0 aliphatic heterocycles. The zero-order chi connectivity index (χ0) is 24.9. The number of nitro groups is 1. The Morgan fingerprint density at radius 2 is 1.73 bits per heavy atom. The molecule has 1 aromatic carbocycles. The molecule has 33 heavy (non-hydrogen) atoms. The van der Waals surface area contributed by atoms with Crippen LogP contribution in [0, 0.1) is 17.0 Å². The third-order valence-electron chi connectivity index (χ3n) is 5.39. The molecule has 0 atom stereocenters. The smallest absolute Gasteiger partial charge is 0.340 e. The van der Waals surface area contributed by atoms with Gasteiger partial charge in [0.2, 0.25) is 0 Å². The molecule has 174 valence electrons. The lowest BCUT2D eigenvalue weighted by molar-refractivity contribution is -0.383. The van der Waals surface area contributed by atoms with Gasteiger partial charge < -0.3 is 9.52 Å². The van der Waals surface area contributed by atoms with Crippen LogP contribution in [-0.2, 0) is 10.8 Å². The summed E-state index contributed by atoms with van der Waals surface area (Å²) >= 11 is 6.38. The zero-order valence-electron chi connectivity index (χ0n) is 19.7. The van der Waals surface area contributed by atoms with Gasteiger partial charge in [0.1, 0.15) is 0 Å². The molecule has 0 spiro atoms. The number of nitro benzene ring substituents is 1. The highest BCUT2D eigenvalue weighted by atomic mass is 35.5. The van der Waals surface area contributed by atoms with Gasteiger partial charge in [-0.1, -0.05) is 59.2 Å². The fourth-order valence-electron chi connectivity index (χ4n) is 3.60. The molecule has 1 N–H and O–H groups in total. The molecule has 0 unspecified atom stereocenters. The predicted octanol–water partition coefficient (Wildman–Crippen LogP) is 6.71. The number of halogens is 1. The van der Waals surface area contributed by atoms with E-state index < -0.39 is 21.4 Å². The molecule has 7 nitrogen and oxygen atoms in total. The van der Waals surface area contributed by atoms with E-state index in [0.29, 0.717) is 22.2 Å². The lowest BCUT2D eigenvalue weighted by Crippen LogP contribution is -2.26. The van der Waals surface area contributed by atoms with Crippen molar-refractivity contribution in [1.29, 1.82) is 0 Å². The van der Waals surface area contributed by atoms with Gasteiger partial charge in [0.25, 0.3) is 5.69 Å². The van der Waals surface area contributed by atoms with E-state index in [2.05, 4.69) is 4.98 Å². The summed E-state index contributed by atoms with van der Waals surface area (Å²) in [7, 11) is 0. The Hall–Kier alpha value is -3.19. The molecule has 8 heteroatoms. The molecule has 0 radical (unpaired) electrons. The molecular weight excluding hydrogens is 444 g/mol. The van der Waals surface area contributed by atoms with Crippen LogP contribution in [0.1, 0.15) is 69.7 Å². The zero-order valence-corrected chi connectivity index (χ0v) is 20.5. The van der Waals surface area contributed by atoms with Crippen molar-refractivity contribution in [3.05, 3.63) is 78.0 Å². The van der Waals surface area contributed by atoms with Crippen LogP contribution >= 0.6 is 11.6 Å². The van der Waals surface area contributed by atoms with Crippen molar-refractivity contribution in [1.82, 2.24) is 4.98 Å². The summed E-state index contributed by atoms with van der Waals surface area (Å²) in [4.78, 5) is 28.1. The highest BCUT2D eigenvalue weighted by Gasteiger charge is 2.28. The number of hydrogen-bond donors (Lipinski definition) is 1. The van der Waals surface area contributed by atoms with E-state index in [1.54, 1.807) is 19.1 Å². The Balaban J connectivity index is 2.25. The number of pyridine rings is 1. The van der Waals surface area contributed by atoms with Gasteiger partial charge in [-0.3, -0.25) is 10.1 Å². The van der Waals surface area contributed by atoms with Gasteiger partial charge in [-0.15, -0.1) is 0 Å². The SMILES string of the molecule is Cc1ccc([N+](=O)[O-])c2c(Cl)cc(/C=C(\O)c3oc(=O)c(C(C)(C)C)cc3C(C)(C)C)nc12. The van der Waals surface area contributed by atoms with E-state index in [-0.39, 0.29) is 33.3 Å². The molecular formula is C25H27ClN2O5. The number of non-ortho nitro benzene ring substituents is 1. The van der Waals surface area contributed by atoms with Crippen molar-refractivity contribution in [2.75, 3.05) is 0 Å². The molecule has 3 aromatic rings. The Bertz CT molecular complexity index is 1360. The molecule has 2 aromatic heterocycles. The van der Waals surface area contributed by atoms with E-state index >= 15 is 0 Å². The van der Waals surface area contributed by atoms with Crippen LogP contribution in [0.5, 0.6) is 0 Å². The predicted molar refractivity (Wildman–Crippen MR) is 131 cm³/mol. The maximum Gasteiger partial charge on any atom is 0.340 e. The summed E-state index contributed by atoms with van der Waals surface area (Å²) in [6.45, 7) is 13.4. The van der Waals surface area contributed by atoms with Crippen molar-refractivity contribution in [3.63, 3.8) is 0 Å². The Morgan fingerprint density at radius 1 is 1.12 bits per heavy atom. The van der Waals surface area contributed by atoms with Crippen LogP contribution in [0.2, 0.25) is 5.02 Å². The van der Waals surface area contributed by atoms with Gasteiger partial charge >= 0.3 is 5.63 Å². The Labute approximate surface area is 196 Å². The Morgan fingerprint density at radius 3 is 2.27 bits per heavy atom. The number of aliphatic hydroxyl groups excluding tert-OH is 1. The lowest BCUT2D eigenvalue weighted by Gasteiger charge is -2.25. The van der Waals surface area contributed by atoms with Crippen molar-refractivity contribution >= 4 is 40.0 Å². The molecule has 0 bridgehead atoms. The third kappa shape index (κ3) is 4.78. The number of nitrogens with zero attached hydrogens (tertiary/aromatic N) is 2. The quantitative estimate of drug-likeness (QED) is 0.259. The summed E-state index contributed by atoms with van der Waals surface area (Å²) < 4.78 is 5.59. The molecule has 0 aliphatic rings. The Kier molecular flexibility index (Phi) is 6.15. The second-order valence-corrected chi connectivity index (χ2v) is 10.5. The molecule has 0 fully saturated rings. The number of fused-ring (bicyclic) bond motifs is 1. The van der Waals surface area contributed by atoms with Crippen LogP contribution < -0.4 is 5.63 Å². The third-order valence-corrected chi connectivity index (χ3v) is 5.69. The van der Waals surface area contributed by atoms with Crippen LogP contribution in [0.4, 0.5) is 5.69 Å². The van der Waals surface area contributed by atoms with Gasteiger partial charge in [-0.25, -0.2) is 9.78 Å². The maximum absolute atomic E-state index is 12.7. The second-order valence-electron chi connectivity index (χ2n) is 10.1. The highest BCUT2D eigenvalue weighted by Crippen LogP contribution is 2.35. The molecule has 3 rings (SSSR count). The monoisotopic (exact) mass is 470 g/mol. The van der Waals surface area contributed by atoms with Crippen LogP contribution in [0.3, 0.4) is 0 Å². The first-order chi connectivity index (χ1) is 15.1. The molecule has 0 saturated carbocycles. The molecule has 0 aliphatic carbocycles. The minimum Gasteiger partial charge on any atom is -0.504 e. The minimum atomic E-state index is -0.526. The number of aliphatic hydroxyl groups is 1. The van der Waals surface area contributed by atoms with Gasteiger partial charge in [-0.05, 0) is 35.4 Å². The minimum absolute atomic E-state index is 0.0503. The van der Waals surface area contributed by atoms with Crippen molar-refractivity contribution in [2.45, 2.75) is 59.3 Å². The van der Waals surface area contributed by atoms with Gasteiger partial charge in [0.15, 0.2) is 11.5 Å². The molecule has 0 saturated heterocycles. The number of aromatic nitrogens is 1. The van der Waals surface area contributed by atoms with Crippen LogP contribution in [-0.4, -0.2) is 15.0 Å². The topological polar surface area (TPSA) is 106 Å². The normalized spacial score (nSPS) is 12.9. The van der Waals surface area contributed by atoms with Gasteiger partial charge in [0, 0.05) is 23.3 Å². The van der Waals surface area contributed by atoms with Crippen molar-refractivity contribution < 1.29 is 14.4 Å². The van der Waals surface area contributed by atoms with E-state index in [0.717, 1.165) is 0 Å². The lowest BCUT2D eigenvalue weighted by atomic mass is 9.81. The summed E-state index contributed by atoms with van der Waals surface area (Å²) in [6, 6.07) is 6.20. The molecule has 2 heterocycles. The van der Waals surface area contributed by atoms with Gasteiger partial charge in [-0.2, -0.15) is 0 Å². The van der Waals surface area contributed by atoms with Crippen molar-refractivity contribution in [2.24, 2.45) is 0 Å². The summed E-state index contributed by atoms with van der Waals surface area (Å²) in [6.07, 6.45) is 1.34. The number of hydrogen-bond acceptors (Lipinski definition) is 6. The van der Waals surface area contributed by atoms with Crippen LogP contribution in [0.25, 0.3) is 22.7 Å². The first-order valence-corrected chi connectivity index (χ1v) is 10.8. The molecule has 0 amide bonds. The fraction of sp³-hybridized carbons (Fsp3) is 0.360. The van der Waals surface area contributed by atoms with Crippen LogP contribution in [0.15, 0.2) is 33.5 Å². The van der Waals surface area contributed by atoms with Gasteiger partial charge in [0.05, 0.1) is 26.5 Å². The fourth-order valence-corrected chi connectivity index (χ4v) is 3.90. The standard InChI is InChI=1S/C25H27ClN2O5/c1-13-8-9-18(28(31)32)20-17(26)10-14(27-21(13)20)11-19(29)22-15(24(2,3)4)12-16(23(30)33-22)25(5,6)7/h8-12,29H,1-7H3/b19-11-. The first kappa shape index (κ1) is 24.5. The van der Waals surface area contributed by atoms with E-state index in [9.17, 15) is 20.0 Å². The van der Waals surface area contributed by atoms with Crippen molar-refractivity contribution in [3.8, 4) is 0 Å². The maximum atomic E-state index is 12.7. The number of rotatable bonds is 3. The first-order valence-electron chi connectivity index (χ1n) is 10.5. The highest BCUT2D eigenvalue weighted by molar-refractivity contribution is 6.36. The van der Waals surface area contributed by atoms with E-state index in [1.165, 1.54) is 18.2 Å². The number of benzene rings is 1. The number of aryl methyl sites for hydroxylation is 1.